The molecule has 1 heterocycles. The fourth-order valence-corrected chi connectivity index (χ4v) is 3.12. The Kier molecular flexibility index (Phi) is 5.07. The molecule has 0 radical (unpaired) electrons. The number of halogens is 2. The minimum atomic E-state index is -0.808. The van der Waals surface area contributed by atoms with Gasteiger partial charge in [-0.3, -0.25) is 14.3 Å². The molecule has 154 valence electrons. The van der Waals surface area contributed by atoms with Crippen molar-refractivity contribution in [1.29, 1.82) is 0 Å². The van der Waals surface area contributed by atoms with E-state index in [1.54, 1.807) is 25.2 Å². The molecule has 2 amide bonds. The number of hydrogen-bond donors (Lipinski definition) is 2. The lowest BCUT2D eigenvalue weighted by Gasteiger charge is -2.11. The Hall–Kier alpha value is -3.55. The monoisotopic (exact) mass is 410 g/mol. The Morgan fingerprint density at radius 1 is 1.10 bits per heavy atom. The SMILES string of the molecule is Cc1ccc(C(=O)NC2CC2)cc1NC(=O)c1cn(C)nc1-c1ccc(F)cc1F. The number of nitrogens with zero attached hydrogens (tertiary/aromatic N) is 2. The number of anilines is 1. The first-order valence-electron chi connectivity index (χ1n) is 9.54. The first-order chi connectivity index (χ1) is 14.3. The number of nitrogens with one attached hydrogen (secondary N) is 2. The molecule has 1 fully saturated rings. The quantitative estimate of drug-likeness (QED) is 0.672. The largest absolute Gasteiger partial charge is 0.349 e. The summed E-state index contributed by atoms with van der Waals surface area (Å²) < 4.78 is 28.9. The van der Waals surface area contributed by atoms with E-state index < -0.39 is 17.5 Å². The molecule has 0 saturated heterocycles. The van der Waals surface area contributed by atoms with Gasteiger partial charge in [0, 0.05) is 42.2 Å². The third-order valence-electron chi connectivity index (χ3n) is 4.92. The Balaban J connectivity index is 1.62. The third kappa shape index (κ3) is 4.07. The second-order valence-corrected chi connectivity index (χ2v) is 7.42. The van der Waals surface area contributed by atoms with Gasteiger partial charge in [-0.2, -0.15) is 5.10 Å². The highest BCUT2D eigenvalue weighted by Crippen LogP contribution is 2.27. The minimum Gasteiger partial charge on any atom is -0.349 e. The number of hydrogen-bond acceptors (Lipinski definition) is 3. The van der Waals surface area contributed by atoms with Gasteiger partial charge in [-0.15, -0.1) is 0 Å². The molecule has 6 nitrogen and oxygen atoms in total. The Labute approximate surface area is 171 Å². The zero-order valence-electron chi connectivity index (χ0n) is 16.5. The Morgan fingerprint density at radius 3 is 2.57 bits per heavy atom. The van der Waals surface area contributed by atoms with Gasteiger partial charge in [0.05, 0.1) is 5.56 Å². The third-order valence-corrected chi connectivity index (χ3v) is 4.92. The average Bonchev–Trinajstić information content (AvgIpc) is 3.42. The van der Waals surface area contributed by atoms with E-state index in [0.29, 0.717) is 11.3 Å². The molecule has 4 rings (SSSR count). The number of carbonyl (C=O) groups is 2. The van der Waals surface area contributed by atoms with Gasteiger partial charge in [0.1, 0.15) is 17.3 Å². The second kappa shape index (κ2) is 7.70. The van der Waals surface area contributed by atoms with Crippen LogP contribution in [0.2, 0.25) is 0 Å². The van der Waals surface area contributed by atoms with Crippen molar-refractivity contribution in [1.82, 2.24) is 15.1 Å². The average molecular weight is 410 g/mol. The molecule has 0 spiro atoms. The summed E-state index contributed by atoms with van der Waals surface area (Å²) in [5, 5.41) is 9.86. The van der Waals surface area contributed by atoms with Crippen LogP contribution < -0.4 is 10.6 Å². The van der Waals surface area contributed by atoms with Crippen molar-refractivity contribution in [2.24, 2.45) is 7.05 Å². The van der Waals surface area contributed by atoms with Crippen LogP contribution in [0, 0.1) is 18.6 Å². The first kappa shape index (κ1) is 19.8. The van der Waals surface area contributed by atoms with Gasteiger partial charge >= 0.3 is 0 Å². The lowest BCUT2D eigenvalue weighted by Crippen LogP contribution is -2.25. The molecule has 1 saturated carbocycles. The van der Waals surface area contributed by atoms with Crippen LogP contribution in [0.4, 0.5) is 14.5 Å². The van der Waals surface area contributed by atoms with E-state index in [9.17, 15) is 18.4 Å². The number of aryl methyl sites for hydroxylation is 2. The zero-order valence-corrected chi connectivity index (χ0v) is 16.5. The van der Waals surface area contributed by atoms with Crippen LogP contribution in [-0.2, 0) is 7.05 Å². The fraction of sp³-hybridized carbons (Fsp3) is 0.227. The molecular formula is C22H20F2N4O2. The molecule has 0 unspecified atom stereocenters. The normalized spacial score (nSPS) is 13.2. The Bertz CT molecular complexity index is 1150. The van der Waals surface area contributed by atoms with Gasteiger partial charge < -0.3 is 10.6 Å². The minimum absolute atomic E-state index is 0.0245. The summed E-state index contributed by atoms with van der Waals surface area (Å²) in [4.78, 5) is 25.3. The maximum absolute atomic E-state index is 14.3. The van der Waals surface area contributed by atoms with Crippen LogP contribution in [0.5, 0.6) is 0 Å². The van der Waals surface area contributed by atoms with E-state index in [0.717, 1.165) is 30.5 Å². The van der Waals surface area contributed by atoms with E-state index in [4.69, 9.17) is 0 Å². The summed E-state index contributed by atoms with van der Waals surface area (Å²) in [6.45, 7) is 1.81. The van der Waals surface area contributed by atoms with E-state index >= 15 is 0 Å². The molecule has 1 aliphatic carbocycles. The van der Waals surface area contributed by atoms with E-state index in [1.165, 1.54) is 16.9 Å². The number of aromatic nitrogens is 2. The number of carbonyl (C=O) groups excluding carboxylic acids is 2. The lowest BCUT2D eigenvalue weighted by atomic mass is 10.1. The van der Waals surface area contributed by atoms with Gasteiger partial charge in [-0.25, -0.2) is 8.78 Å². The molecule has 8 heteroatoms. The van der Waals surface area contributed by atoms with Crippen molar-refractivity contribution in [2.45, 2.75) is 25.8 Å². The van der Waals surface area contributed by atoms with Crippen LogP contribution in [0.25, 0.3) is 11.3 Å². The second-order valence-electron chi connectivity index (χ2n) is 7.42. The van der Waals surface area contributed by atoms with Crippen molar-refractivity contribution >= 4 is 17.5 Å². The predicted octanol–water partition coefficient (Wildman–Crippen LogP) is 3.82. The van der Waals surface area contributed by atoms with Crippen molar-refractivity contribution in [3.63, 3.8) is 0 Å². The van der Waals surface area contributed by atoms with E-state index in [2.05, 4.69) is 15.7 Å². The van der Waals surface area contributed by atoms with Gasteiger partial charge in [-0.1, -0.05) is 6.07 Å². The van der Waals surface area contributed by atoms with Crippen LogP contribution in [0.3, 0.4) is 0 Å². The van der Waals surface area contributed by atoms with E-state index in [1.807, 2.05) is 6.92 Å². The maximum Gasteiger partial charge on any atom is 0.259 e. The lowest BCUT2D eigenvalue weighted by molar-refractivity contribution is 0.0949. The molecule has 3 aromatic rings. The summed E-state index contributed by atoms with van der Waals surface area (Å²) >= 11 is 0. The molecule has 0 aliphatic heterocycles. The predicted molar refractivity (Wildman–Crippen MR) is 108 cm³/mol. The first-order valence-corrected chi connectivity index (χ1v) is 9.54. The summed E-state index contributed by atoms with van der Waals surface area (Å²) in [7, 11) is 1.61. The van der Waals surface area contributed by atoms with Crippen LogP contribution in [0.15, 0.2) is 42.6 Å². The smallest absolute Gasteiger partial charge is 0.259 e. The number of rotatable bonds is 5. The summed E-state index contributed by atoms with van der Waals surface area (Å²) in [5.74, 6) is -2.22. The van der Waals surface area contributed by atoms with Gasteiger partial charge in [-0.05, 0) is 49.6 Å². The molecule has 2 N–H and O–H groups in total. The number of amides is 2. The highest BCUT2D eigenvalue weighted by atomic mass is 19.1. The van der Waals surface area contributed by atoms with Crippen LogP contribution >= 0.6 is 0 Å². The van der Waals surface area contributed by atoms with E-state index in [-0.39, 0.29) is 28.8 Å². The summed E-state index contributed by atoms with van der Waals surface area (Å²) in [6, 6.07) is 8.39. The molecule has 30 heavy (non-hydrogen) atoms. The maximum atomic E-state index is 14.3. The van der Waals surface area contributed by atoms with Crippen LogP contribution in [0.1, 0.15) is 39.1 Å². The topological polar surface area (TPSA) is 76.0 Å². The fourth-order valence-electron chi connectivity index (χ4n) is 3.12. The molecule has 0 bridgehead atoms. The van der Waals surface area contributed by atoms with Crippen molar-refractivity contribution in [3.8, 4) is 11.3 Å². The van der Waals surface area contributed by atoms with Crippen molar-refractivity contribution in [2.75, 3.05) is 5.32 Å². The van der Waals surface area contributed by atoms with Gasteiger partial charge in [0.15, 0.2) is 0 Å². The summed E-state index contributed by atoms with van der Waals surface area (Å²) in [6.07, 6.45) is 3.42. The molecule has 2 aromatic carbocycles. The van der Waals surface area contributed by atoms with Crippen molar-refractivity contribution < 1.29 is 18.4 Å². The molecule has 0 atom stereocenters. The zero-order chi connectivity index (χ0) is 21.4. The highest BCUT2D eigenvalue weighted by Gasteiger charge is 2.24. The van der Waals surface area contributed by atoms with Crippen LogP contribution in [-0.4, -0.2) is 27.6 Å². The van der Waals surface area contributed by atoms with Gasteiger partial charge in [0.2, 0.25) is 0 Å². The number of benzene rings is 2. The highest BCUT2D eigenvalue weighted by molar-refractivity contribution is 6.09. The molecule has 1 aromatic heterocycles. The molecular weight excluding hydrogens is 390 g/mol. The summed E-state index contributed by atoms with van der Waals surface area (Å²) in [5.41, 5.74) is 1.95. The molecule has 1 aliphatic rings. The Morgan fingerprint density at radius 2 is 1.87 bits per heavy atom. The standard InChI is InChI=1S/C22H20F2N4O2/c1-12-3-4-13(21(29)25-15-6-7-15)9-19(12)26-22(30)17-11-28(2)27-20(17)16-8-5-14(23)10-18(16)24/h3-5,8-11,15H,6-7H2,1-2H3,(H,25,29)(H,26,30). The van der Waals surface area contributed by atoms with Crippen molar-refractivity contribution in [3.05, 3.63) is 70.9 Å². The van der Waals surface area contributed by atoms with Gasteiger partial charge in [0.25, 0.3) is 11.8 Å².